The van der Waals surface area contributed by atoms with Gasteiger partial charge in [0.1, 0.15) is 0 Å². The molecule has 6 nitrogen and oxygen atoms in total. The topological polar surface area (TPSA) is 83.5 Å². The number of nitrogens with zero attached hydrogens (tertiary/aromatic N) is 2. The lowest BCUT2D eigenvalue weighted by Crippen LogP contribution is -2.30. The lowest BCUT2D eigenvalue weighted by atomic mass is 9.82. The number of aryl methyl sites for hydroxylation is 1. The van der Waals surface area contributed by atoms with E-state index in [-0.39, 0.29) is 11.5 Å². The standard InChI is InChI=1S/C25H24N4O2/c1-29-23-19(15-26-29)8-5-9-20(23)17-10-12-18(13-11-17)22-21(24(30)28-25(31)27-22)14-16-6-3-2-4-7-16/h2-10,15,18H,11-14H2,1H3,(H2,27,28,30,31). The SMILES string of the molecule is Cn1ncc2cccc(C3=CCC(c4[nH]c(=O)[nH]c(=O)c4Cc4ccccc4)CC3)c21. The van der Waals surface area contributed by atoms with E-state index in [9.17, 15) is 9.59 Å². The van der Waals surface area contributed by atoms with Crippen LogP contribution in [-0.4, -0.2) is 19.7 Å². The third-order valence-electron chi connectivity index (χ3n) is 6.22. The second kappa shape index (κ2) is 7.87. The van der Waals surface area contributed by atoms with E-state index in [4.69, 9.17) is 0 Å². The van der Waals surface area contributed by atoms with Crippen molar-refractivity contribution < 1.29 is 0 Å². The molecule has 0 aliphatic heterocycles. The molecule has 5 rings (SSSR count). The summed E-state index contributed by atoms with van der Waals surface area (Å²) in [6.07, 6.45) is 7.19. The third kappa shape index (κ3) is 3.65. The zero-order valence-corrected chi connectivity index (χ0v) is 17.4. The highest BCUT2D eigenvalue weighted by Gasteiger charge is 2.23. The van der Waals surface area contributed by atoms with Crippen LogP contribution >= 0.6 is 0 Å². The summed E-state index contributed by atoms with van der Waals surface area (Å²) >= 11 is 0. The van der Waals surface area contributed by atoms with Crippen LogP contribution in [0.5, 0.6) is 0 Å². The lowest BCUT2D eigenvalue weighted by Gasteiger charge is -2.24. The van der Waals surface area contributed by atoms with Crippen LogP contribution in [0.4, 0.5) is 0 Å². The molecular weight excluding hydrogens is 388 g/mol. The first-order valence-corrected chi connectivity index (χ1v) is 10.6. The largest absolute Gasteiger partial charge is 0.325 e. The van der Waals surface area contributed by atoms with Crippen LogP contribution in [0.3, 0.4) is 0 Å². The van der Waals surface area contributed by atoms with Gasteiger partial charge in [0.2, 0.25) is 0 Å². The zero-order chi connectivity index (χ0) is 21.4. The molecule has 156 valence electrons. The van der Waals surface area contributed by atoms with Crippen molar-refractivity contribution in [1.82, 2.24) is 19.7 Å². The van der Waals surface area contributed by atoms with E-state index in [2.05, 4.69) is 39.3 Å². The molecule has 31 heavy (non-hydrogen) atoms. The average molecular weight is 412 g/mol. The number of aromatic nitrogens is 4. The van der Waals surface area contributed by atoms with Gasteiger partial charge in [-0.05, 0) is 30.4 Å². The van der Waals surface area contributed by atoms with Crippen LogP contribution in [0.2, 0.25) is 0 Å². The maximum absolute atomic E-state index is 12.6. The van der Waals surface area contributed by atoms with Crippen molar-refractivity contribution in [3.63, 3.8) is 0 Å². The Kier molecular flexibility index (Phi) is 4.90. The highest BCUT2D eigenvalue weighted by Crippen LogP contribution is 2.38. The van der Waals surface area contributed by atoms with Gasteiger partial charge in [0.05, 0.1) is 11.7 Å². The maximum atomic E-state index is 12.6. The zero-order valence-electron chi connectivity index (χ0n) is 17.4. The third-order valence-corrected chi connectivity index (χ3v) is 6.22. The minimum absolute atomic E-state index is 0.114. The Bertz CT molecular complexity index is 1390. The van der Waals surface area contributed by atoms with E-state index in [1.807, 2.05) is 48.3 Å². The molecule has 2 heterocycles. The predicted octanol–water partition coefficient (Wildman–Crippen LogP) is 3.89. The van der Waals surface area contributed by atoms with E-state index in [1.54, 1.807) is 0 Å². The van der Waals surface area contributed by atoms with E-state index in [0.717, 1.165) is 41.4 Å². The highest BCUT2D eigenvalue weighted by atomic mass is 16.2. The maximum Gasteiger partial charge on any atom is 0.325 e. The molecule has 0 fully saturated rings. The van der Waals surface area contributed by atoms with E-state index < -0.39 is 5.69 Å². The fraction of sp³-hybridized carbons (Fsp3) is 0.240. The number of hydrogen-bond acceptors (Lipinski definition) is 3. The van der Waals surface area contributed by atoms with Gasteiger partial charge in [-0.25, -0.2) is 4.79 Å². The van der Waals surface area contributed by atoms with Crippen LogP contribution in [0.1, 0.15) is 47.6 Å². The minimum Gasteiger partial charge on any atom is -0.311 e. The van der Waals surface area contributed by atoms with Gasteiger partial charge in [0, 0.05) is 41.6 Å². The van der Waals surface area contributed by atoms with Gasteiger partial charge >= 0.3 is 5.69 Å². The Morgan fingerprint density at radius 2 is 1.90 bits per heavy atom. The molecule has 0 spiro atoms. The minimum atomic E-state index is -0.439. The number of nitrogens with one attached hydrogen (secondary N) is 2. The molecule has 1 unspecified atom stereocenters. The molecule has 0 saturated carbocycles. The Balaban J connectivity index is 1.49. The van der Waals surface area contributed by atoms with Crippen molar-refractivity contribution in [3.8, 4) is 0 Å². The molecule has 6 heteroatoms. The molecule has 0 amide bonds. The molecule has 0 saturated heterocycles. The monoisotopic (exact) mass is 412 g/mol. The number of para-hydroxylation sites is 1. The van der Waals surface area contributed by atoms with Crippen LogP contribution in [0, 0.1) is 0 Å². The molecule has 4 aromatic rings. The highest BCUT2D eigenvalue weighted by molar-refractivity contribution is 5.91. The number of hydrogen-bond donors (Lipinski definition) is 2. The number of aromatic amines is 2. The van der Waals surface area contributed by atoms with Crippen LogP contribution in [-0.2, 0) is 13.5 Å². The molecule has 2 aromatic heterocycles. The molecule has 2 N–H and O–H groups in total. The summed E-state index contributed by atoms with van der Waals surface area (Å²) in [6.45, 7) is 0. The Hall–Kier alpha value is -3.67. The Labute approximate surface area is 179 Å². The summed E-state index contributed by atoms with van der Waals surface area (Å²) in [4.78, 5) is 30.1. The number of benzene rings is 2. The predicted molar refractivity (Wildman–Crippen MR) is 122 cm³/mol. The molecular formula is C25H24N4O2. The molecule has 1 aliphatic rings. The van der Waals surface area contributed by atoms with Gasteiger partial charge in [-0.3, -0.25) is 14.5 Å². The van der Waals surface area contributed by atoms with E-state index >= 15 is 0 Å². The van der Waals surface area contributed by atoms with Crippen LogP contribution < -0.4 is 11.2 Å². The first-order chi connectivity index (χ1) is 15.1. The second-order valence-electron chi connectivity index (χ2n) is 8.18. The van der Waals surface area contributed by atoms with Crippen molar-refractivity contribution >= 4 is 16.5 Å². The van der Waals surface area contributed by atoms with Gasteiger partial charge in [0.25, 0.3) is 5.56 Å². The Morgan fingerprint density at radius 3 is 2.68 bits per heavy atom. The fourth-order valence-corrected chi connectivity index (χ4v) is 4.69. The van der Waals surface area contributed by atoms with Gasteiger partial charge in [-0.15, -0.1) is 0 Å². The van der Waals surface area contributed by atoms with E-state index in [1.165, 1.54) is 11.1 Å². The Morgan fingerprint density at radius 1 is 1.06 bits per heavy atom. The summed E-state index contributed by atoms with van der Waals surface area (Å²) in [5.74, 6) is 0.114. The summed E-state index contributed by atoms with van der Waals surface area (Å²) in [7, 11) is 1.97. The van der Waals surface area contributed by atoms with Crippen LogP contribution in [0.15, 0.2) is 70.4 Å². The summed E-state index contributed by atoms with van der Waals surface area (Å²) in [5, 5.41) is 5.53. The second-order valence-corrected chi connectivity index (χ2v) is 8.18. The van der Waals surface area contributed by atoms with Crippen molar-refractivity contribution in [1.29, 1.82) is 0 Å². The van der Waals surface area contributed by atoms with Gasteiger partial charge < -0.3 is 4.98 Å². The average Bonchev–Trinajstić information content (AvgIpc) is 3.17. The molecule has 0 radical (unpaired) electrons. The van der Waals surface area contributed by atoms with Gasteiger partial charge in [-0.1, -0.05) is 54.6 Å². The normalized spacial score (nSPS) is 16.4. The molecule has 0 bridgehead atoms. The molecule has 1 atom stereocenters. The smallest absolute Gasteiger partial charge is 0.311 e. The summed E-state index contributed by atoms with van der Waals surface area (Å²) in [5.41, 5.74) is 5.39. The first-order valence-electron chi connectivity index (χ1n) is 10.6. The number of H-pyrrole nitrogens is 2. The number of allylic oxidation sites excluding steroid dienone is 2. The van der Waals surface area contributed by atoms with Crippen molar-refractivity contribution in [2.75, 3.05) is 0 Å². The fourth-order valence-electron chi connectivity index (χ4n) is 4.69. The van der Waals surface area contributed by atoms with Gasteiger partial charge in [0.15, 0.2) is 0 Å². The van der Waals surface area contributed by atoms with Gasteiger partial charge in [-0.2, -0.15) is 5.10 Å². The quantitative estimate of drug-likeness (QED) is 0.533. The number of rotatable bonds is 4. The van der Waals surface area contributed by atoms with Crippen molar-refractivity contribution in [2.24, 2.45) is 7.05 Å². The molecule has 1 aliphatic carbocycles. The van der Waals surface area contributed by atoms with E-state index in [0.29, 0.717) is 12.0 Å². The van der Waals surface area contributed by atoms with Crippen molar-refractivity contribution in [3.05, 3.63) is 104 Å². The summed E-state index contributed by atoms with van der Waals surface area (Å²) < 4.78 is 1.92. The lowest BCUT2D eigenvalue weighted by molar-refractivity contribution is 0.596. The van der Waals surface area contributed by atoms with Crippen molar-refractivity contribution in [2.45, 2.75) is 31.6 Å². The molecule has 2 aromatic carbocycles. The van der Waals surface area contributed by atoms with Crippen LogP contribution in [0.25, 0.3) is 16.5 Å². The first kappa shape index (κ1) is 19.3. The number of fused-ring (bicyclic) bond motifs is 1. The summed E-state index contributed by atoms with van der Waals surface area (Å²) in [6, 6.07) is 16.2.